The number of ether oxygens (including phenoxy) is 3. The Morgan fingerprint density at radius 3 is 2.25 bits per heavy atom. The van der Waals surface area contributed by atoms with Gasteiger partial charge >= 0.3 is 0 Å². The molecule has 0 saturated heterocycles. The maximum Gasteiger partial charge on any atom is 0.242 e. The van der Waals surface area contributed by atoms with Gasteiger partial charge in [0.05, 0.1) is 18.8 Å². The Bertz CT molecular complexity index is 361. The Balaban J connectivity index is 2.68. The van der Waals surface area contributed by atoms with Gasteiger partial charge in [-0.15, -0.1) is 0 Å². The number of carbonyl (C=O) groups is 1. The number of nitrogens with zero attached hydrogens (tertiary/aromatic N) is 1. The summed E-state index contributed by atoms with van der Waals surface area (Å²) in [5.74, 6) is 0.441. The van der Waals surface area contributed by atoms with E-state index in [0.717, 1.165) is 0 Å². The van der Waals surface area contributed by atoms with Crippen LogP contribution >= 0.6 is 0 Å². The lowest BCUT2D eigenvalue weighted by atomic mass is 9.89. The van der Waals surface area contributed by atoms with Crippen molar-refractivity contribution in [2.75, 3.05) is 33.9 Å². The molecular formula is C18H36N2O4. The Hall–Kier alpha value is -0.690. The third-order valence-electron chi connectivity index (χ3n) is 4.42. The van der Waals surface area contributed by atoms with Gasteiger partial charge in [-0.3, -0.25) is 4.79 Å². The molecule has 6 heteroatoms. The highest BCUT2D eigenvalue weighted by atomic mass is 16.7. The van der Waals surface area contributed by atoms with Crippen LogP contribution in [0.15, 0.2) is 0 Å². The van der Waals surface area contributed by atoms with Crippen molar-refractivity contribution in [2.24, 2.45) is 11.7 Å². The lowest BCUT2D eigenvalue weighted by Crippen LogP contribution is -2.51. The number of carbonyl (C=O) groups excluding carboxylic acids is 1. The number of rotatable bonds is 9. The molecule has 0 aromatic rings. The summed E-state index contributed by atoms with van der Waals surface area (Å²) >= 11 is 0. The minimum Gasteiger partial charge on any atom is -0.374 e. The quantitative estimate of drug-likeness (QED) is 0.649. The Labute approximate surface area is 147 Å². The molecule has 1 aliphatic carbocycles. The highest BCUT2D eigenvalue weighted by molar-refractivity contribution is 5.81. The molecule has 2 N–H and O–H groups in total. The zero-order chi connectivity index (χ0) is 18.2. The molecule has 0 heterocycles. The number of nitrogens with two attached hydrogens (primary N) is 1. The van der Waals surface area contributed by atoms with E-state index in [1.54, 1.807) is 19.1 Å². The molecule has 24 heavy (non-hydrogen) atoms. The van der Waals surface area contributed by atoms with E-state index < -0.39 is 12.3 Å². The first kappa shape index (κ1) is 21.4. The number of amides is 1. The van der Waals surface area contributed by atoms with E-state index in [9.17, 15) is 4.79 Å². The molecule has 0 unspecified atom stereocenters. The fraction of sp³-hybridized carbons (Fsp3) is 0.944. The van der Waals surface area contributed by atoms with Gasteiger partial charge in [0.15, 0.2) is 6.29 Å². The average molecular weight is 344 g/mol. The van der Waals surface area contributed by atoms with Gasteiger partial charge in [0.2, 0.25) is 5.91 Å². The van der Waals surface area contributed by atoms with E-state index >= 15 is 0 Å². The van der Waals surface area contributed by atoms with Crippen molar-refractivity contribution in [3.05, 3.63) is 0 Å². The third kappa shape index (κ3) is 7.92. The van der Waals surface area contributed by atoms with Gasteiger partial charge in [0, 0.05) is 20.8 Å². The molecule has 1 fully saturated rings. The predicted octanol–water partition coefficient (Wildman–Crippen LogP) is 2.16. The summed E-state index contributed by atoms with van der Waals surface area (Å²) in [5, 5.41) is 0. The van der Waals surface area contributed by atoms with Crippen LogP contribution in [0.25, 0.3) is 0 Å². The minimum absolute atomic E-state index is 0.0936. The van der Waals surface area contributed by atoms with Crippen LogP contribution < -0.4 is 5.73 Å². The number of hydrogen-bond acceptors (Lipinski definition) is 5. The van der Waals surface area contributed by atoms with E-state index in [1.807, 2.05) is 20.8 Å². The summed E-state index contributed by atoms with van der Waals surface area (Å²) in [4.78, 5) is 14.6. The second-order valence-corrected chi connectivity index (χ2v) is 7.68. The largest absolute Gasteiger partial charge is 0.374 e. The summed E-state index contributed by atoms with van der Waals surface area (Å²) in [5.41, 5.74) is 5.78. The fourth-order valence-corrected chi connectivity index (χ4v) is 3.01. The topological polar surface area (TPSA) is 74.0 Å². The van der Waals surface area contributed by atoms with Gasteiger partial charge in [0.1, 0.15) is 6.04 Å². The highest BCUT2D eigenvalue weighted by Crippen LogP contribution is 2.25. The SMILES string of the molecule is COC(CN(CC1CCCCC1)C(=O)[C@@H](N)COC(C)(C)C)OC. The van der Waals surface area contributed by atoms with Crippen LogP contribution in [0.4, 0.5) is 0 Å². The second-order valence-electron chi connectivity index (χ2n) is 7.68. The molecule has 0 bridgehead atoms. The maximum absolute atomic E-state index is 12.8. The van der Waals surface area contributed by atoms with Crippen LogP contribution in [0, 0.1) is 5.92 Å². The van der Waals surface area contributed by atoms with E-state index in [4.69, 9.17) is 19.9 Å². The molecule has 1 aliphatic rings. The zero-order valence-electron chi connectivity index (χ0n) is 16.0. The predicted molar refractivity (Wildman–Crippen MR) is 94.6 cm³/mol. The monoisotopic (exact) mass is 344 g/mol. The van der Waals surface area contributed by atoms with Crippen molar-refractivity contribution < 1.29 is 19.0 Å². The molecular weight excluding hydrogens is 308 g/mol. The molecule has 6 nitrogen and oxygen atoms in total. The maximum atomic E-state index is 12.8. The molecule has 0 aromatic heterocycles. The first-order valence-electron chi connectivity index (χ1n) is 9.00. The van der Waals surface area contributed by atoms with E-state index in [1.165, 1.54) is 32.1 Å². The van der Waals surface area contributed by atoms with Gasteiger partial charge < -0.3 is 24.8 Å². The summed E-state index contributed by atoms with van der Waals surface area (Å²) < 4.78 is 16.2. The van der Waals surface area contributed by atoms with Crippen LogP contribution in [0.3, 0.4) is 0 Å². The Kier molecular flexibility index (Phi) is 9.19. The lowest BCUT2D eigenvalue weighted by molar-refractivity contribution is -0.150. The first-order valence-corrected chi connectivity index (χ1v) is 9.00. The Morgan fingerprint density at radius 2 is 1.75 bits per heavy atom. The summed E-state index contributed by atoms with van der Waals surface area (Å²) in [7, 11) is 3.17. The lowest BCUT2D eigenvalue weighted by Gasteiger charge is -2.33. The normalized spacial score (nSPS) is 18.0. The molecule has 0 aliphatic heterocycles. The first-order chi connectivity index (χ1) is 11.3. The van der Waals surface area contributed by atoms with Crippen molar-refractivity contribution in [1.82, 2.24) is 4.90 Å². The van der Waals surface area contributed by atoms with Crippen LogP contribution in [0.5, 0.6) is 0 Å². The van der Waals surface area contributed by atoms with Crippen molar-refractivity contribution in [2.45, 2.75) is 70.8 Å². The standard InChI is InChI=1S/C18H36N2O4/c1-18(2,3)24-13-15(19)17(21)20(12-16(22-4)23-5)11-14-9-7-6-8-10-14/h14-16H,6-13,19H2,1-5H3/t15-/m0/s1. The van der Waals surface area contributed by atoms with Crippen LogP contribution in [0.2, 0.25) is 0 Å². The molecule has 1 atom stereocenters. The molecule has 142 valence electrons. The second kappa shape index (κ2) is 10.3. The van der Waals surface area contributed by atoms with Gasteiger partial charge in [-0.05, 0) is 39.5 Å². The molecule has 1 amide bonds. The van der Waals surface area contributed by atoms with E-state index in [0.29, 0.717) is 19.0 Å². The van der Waals surface area contributed by atoms with Crippen molar-refractivity contribution in [3.8, 4) is 0 Å². The van der Waals surface area contributed by atoms with E-state index in [-0.39, 0.29) is 18.1 Å². The highest BCUT2D eigenvalue weighted by Gasteiger charge is 2.28. The molecule has 0 spiro atoms. The van der Waals surface area contributed by atoms with Gasteiger partial charge in [-0.25, -0.2) is 0 Å². The van der Waals surface area contributed by atoms with E-state index in [2.05, 4.69) is 0 Å². The number of hydrogen-bond donors (Lipinski definition) is 1. The molecule has 1 rings (SSSR count). The van der Waals surface area contributed by atoms with Crippen molar-refractivity contribution >= 4 is 5.91 Å². The smallest absolute Gasteiger partial charge is 0.242 e. The van der Waals surface area contributed by atoms with Gasteiger partial charge in [-0.2, -0.15) is 0 Å². The van der Waals surface area contributed by atoms with Crippen LogP contribution in [-0.2, 0) is 19.0 Å². The molecule has 1 saturated carbocycles. The Morgan fingerprint density at radius 1 is 1.17 bits per heavy atom. The summed E-state index contributed by atoms with van der Waals surface area (Å²) in [6.07, 6.45) is 5.67. The molecule has 0 aromatic carbocycles. The number of methoxy groups -OCH3 is 2. The minimum atomic E-state index is -0.665. The molecule has 0 radical (unpaired) electrons. The van der Waals surface area contributed by atoms with Crippen molar-refractivity contribution in [3.63, 3.8) is 0 Å². The van der Waals surface area contributed by atoms with Gasteiger partial charge in [-0.1, -0.05) is 19.3 Å². The fourth-order valence-electron chi connectivity index (χ4n) is 3.01. The summed E-state index contributed by atoms with van der Waals surface area (Å²) in [6.45, 7) is 7.19. The zero-order valence-corrected chi connectivity index (χ0v) is 16.0. The summed E-state index contributed by atoms with van der Waals surface area (Å²) in [6, 6.07) is -0.665. The van der Waals surface area contributed by atoms with Crippen LogP contribution in [-0.4, -0.2) is 62.7 Å². The third-order valence-corrected chi connectivity index (χ3v) is 4.42. The van der Waals surface area contributed by atoms with Crippen molar-refractivity contribution in [1.29, 1.82) is 0 Å². The average Bonchev–Trinajstić information content (AvgIpc) is 2.56. The van der Waals surface area contributed by atoms with Gasteiger partial charge in [0.25, 0.3) is 0 Å². The van der Waals surface area contributed by atoms with Crippen LogP contribution in [0.1, 0.15) is 52.9 Å².